The molecule has 0 atom stereocenters. The summed E-state index contributed by atoms with van der Waals surface area (Å²) in [5.74, 6) is 0. The lowest BCUT2D eigenvalue weighted by Gasteiger charge is -2.09. The number of H-pyrrole nitrogens is 1. The molecule has 4 nitrogen and oxygen atoms in total. The van der Waals surface area contributed by atoms with E-state index in [9.17, 15) is 0 Å². The monoisotopic (exact) mass is 488 g/mol. The van der Waals surface area contributed by atoms with Crippen molar-refractivity contribution < 1.29 is 35.5 Å². The van der Waals surface area contributed by atoms with E-state index in [1.165, 1.54) is 27.6 Å². The van der Waals surface area contributed by atoms with Crippen LogP contribution in [0.5, 0.6) is 0 Å². The van der Waals surface area contributed by atoms with Crippen LogP contribution in [-0.4, -0.2) is 9.97 Å². The highest BCUT2D eigenvalue weighted by Crippen LogP contribution is 2.32. The van der Waals surface area contributed by atoms with Gasteiger partial charge in [-0.3, -0.25) is 9.97 Å². The maximum absolute atomic E-state index is 4.74. The van der Waals surface area contributed by atoms with Gasteiger partial charge in [-0.1, -0.05) is 42.5 Å². The predicted octanol–water partition coefficient (Wildman–Crippen LogP) is -1.69. The number of benzene rings is 2. The number of nitrogens with zero attached hydrogens (tertiary/aromatic N) is 2. The second kappa shape index (κ2) is 11.7. The highest BCUT2D eigenvalue weighted by Gasteiger charge is 2.19. The van der Waals surface area contributed by atoms with Crippen molar-refractivity contribution in [1.29, 1.82) is 0 Å². The molecule has 34 heavy (non-hydrogen) atoms. The predicted molar refractivity (Wildman–Crippen MR) is 127 cm³/mol. The van der Waals surface area contributed by atoms with E-state index in [-0.39, 0.29) is 24.8 Å². The number of halogens is 2. The molecular formula is C28H26Cl2N4. The number of hydrogen-bond donors (Lipinski definition) is 1. The average molecular weight is 489 g/mol. The highest BCUT2D eigenvalue weighted by atomic mass is 35.5. The minimum atomic E-state index is 0. The maximum Gasteiger partial charge on any atom is 0.219 e. The fourth-order valence-electron chi connectivity index (χ4n) is 4.13. The molecule has 0 aliphatic rings. The Hall–Kier alpha value is -3.31. The Balaban J connectivity index is 0.00000162. The Labute approximate surface area is 212 Å². The number of pyridine rings is 3. The van der Waals surface area contributed by atoms with Crippen LogP contribution in [0.2, 0.25) is 0 Å². The van der Waals surface area contributed by atoms with Crippen LogP contribution >= 0.6 is 0 Å². The minimum Gasteiger partial charge on any atom is -1.00 e. The van der Waals surface area contributed by atoms with E-state index in [1.54, 1.807) is 0 Å². The molecule has 0 aliphatic carbocycles. The number of hydrogen-bond acceptors (Lipinski definition) is 2. The van der Waals surface area contributed by atoms with Crippen molar-refractivity contribution in [1.82, 2.24) is 9.97 Å². The smallest absolute Gasteiger partial charge is 0.219 e. The van der Waals surface area contributed by atoms with Crippen LogP contribution in [0, 0.1) is 0 Å². The van der Waals surface area contributed by atoms with E-state index in [0.29, 0.717) is 0 Å². The van der Waals surface area contributed by atoms with Crippen molar-refractivity contribution in [2.24, 2.45) is 0 Å². The Morgan fingerprint density at radius 1 is 0.706 bits per heavy atom. The molecule has 0 aliphatic heterocycles. The third-order valence-corrected chi connectivity index (χ3v) is 5.91. The maximum atomic E-state index is 4.74. The lowest BCUT2D eigenvalue weighted by atomic mass is 9.96. The third-order valence-electron chi connectivity index (χ3n) is 5.91. The fourth-order valence-corrected chi connectivity index (χ4v) is 4.13. The first-order valence-corrected chi connectivity index (χ1v) is 11.0. The molecule has 6 heteroatoms. The van der Waals surface area contributed by atoms with Gasteiger partial charge in [0, 0.05) is 35.8 Å². The van der Waals surface area contributed by atoms with Crippen LogP contribution < -0.4 is 35.5 Å². The summed E-state index contributed by atoms with van der Waals surface area (Å²) in [6.07, 6.45) is 7.40. The first-order valence-electron chi connectivity index (χ1n) is 11.0. The van der Waals surface area contributed by atoms with E-state index >= 15 is 0 Å². The van der Waals surface area contributed by atoms with Crippen molar-refractivity contribution in [3.05, 3.63) is 114 Å². The molecule has 5 aromatic rings. The van der Waals surface area contributed by atoms with E-state index in [2.05, 4.69) is 94.6 Å². The SMILES string of the molecule is [Cl-].[Cl-].[NH3+]Cc1ccc(-c2[nH+]c3ccnc(CCc4ccncc4)c3cc2-c2ccccc2)cc1. The number of aromatic amines is 1. The molecular weight excluding hydrogens is 463 g/mol. The Kier molecular flexibility index (Phi) is 8.72. The van der Waals surface area contributed by atoms with Crippen molar-refractivity contribution in [2.45, 2.75) is 19.4 Å². The van der Waals surface area contributed by atoms with Gasteiger partial charge in [0.15, 0.2) is 0 Å². The second-order valence-corrected chi connectivity index (χ2v) is 7.95. The molecule has 3 heterocycles. The summed E-state index contributed by atoms with van der Waals surface area (Å²) in [6, 6.07) is 27.7. The summed E-state index contributed by atoms with van der Waals surface area (Å²) < 4.78 is 0. The summed E-state index contributed by atoms with van der Waals surface area (Å²) in [4.78, 5) is 12.6. The molecule has 0 saturated heterocycles. The van der Waals surface area contributed by atoms with Gasteiger partial charge in [0.2, 0.25) is 11.2 Å². The number of aryl methyl sites for hydroxylation is 2. The molecule has 0 spiro atoms. The van der Waals surface area contributed by atoms with Crippen LogP contribution in [0.1, 0.15) is 16.8 Å². The lowest BCUT2D eigenvalue weighted by molar-refractivity contribution is -0.386. The second-order valence-electron chi connectivity index (χ2n) is 7.95. The van der Waals surface area contributed by atoms with Gasteiger partial charge in [0.25, 0.3) is 0 Å². The molecule has 0 radical (unpaired) electrons. The van der Waals surface area contributed by atoms with Gasteiger partial charge in [-0.2, -0.15) is 0 Å². The summed E-state index contributed by atoms with van der Waals surface area (Å²) in [5.41, 5.74) is 13.3. The van der Waals surface area contributed by atoms with Crippen LogP contribution in [-0.2, 0) is 19.4 Å². The minimum absolute atomic E-state index is 0. The number of fused-ring (bicyclic) bond motifs is 1. The number of aromatic nitrogens is 3. The third kappa shape index (κ3) is 5.42. The van der Waals surface area contributed by atoms with E-state index in [1.807, 2.05) is 18.6 Å². The Bertz CT molecular complexity index is 1340. The van der Waals surface area contributed by atoms with E-state index in [0.717, 1.165) is 41.9 Å². The topological polar surface area (TPSA) is 67.6 Å². The zero-order valence-corrected chi connectivity index (χ0v) is 20.2. The summed E-state index contributed by atoms with van der Waals surface area (Å²) in [5, 5.41) is 1.17. The van der Waals surface area contributed by atoms with E-state index in [4.69, 9.17) is 4.98 Å². The normalized spacial score (nSPS) is 10.4. The molecule has 172 valence electrons. The summed E-state index contributed by atoms with van der Waals surface area (Å²) in [7, 11) is 0. The van der Waals surface area contributed by atoms with Gasteiger partial charge in [0.1, 0.15) is 0 Å². The van der Waals surface area contributed by atoms with Crippen LogP contribution in [0.15, 0.2) is 97.5 Å². The number of rotatable bonds is 6. The molecule has 0 fully saturated rings. The quantitative estimate of drug-likeness (QED) is 0.310. The summed E-state index contributed by atoms with van der Waals surface area (Å²) >= 11 is 0. The first kappa shape index (κ1) is 25.3. The van der Waals surface area contributed by atoms with E-state index < -0.39 is 0 Å². The zero-order valence-electron chi connectivity index (χ0n) is 18.7. The standard InChI is InChI=1S/C28H24N4.2ClH/c29-19-21-6-9-23(10-7-21)28-24(22-4-2-1-3-5-22)18-25-26(31-17-14-27(25)32-28)11-8-20-12-15-30-16-13-20;;/h1-7,9-10,12-18H,8,11,19,29H2;2*1H. The number of quaternary nitrogens is 1. The van der Waals surface area contributed by atoms with Gasteiger partial charge in [-0.25, -0.2) is 4.98 Å². The fraction of sp³-hybridized carbons (Fsp3) is 0.107. The molecule has 0 unspecified atom stereocenters. The molecule has 2 aromatic carbocycles. The lowest BCUT2D eigenvalue weighted by Crippen LogP contribution is -3.00. The van der Waals surface area contributed by atoms with Gasteiger partial charge in [-0.05, 0) is 54.3 Å². The van der Waals surface area contributed by atoms with Crippen LogP contribution in [0.4, 0.5) is 0 Å². The molecule has 0 amide bonds. The van der Waals surface area contributed by atoms with Crippen molar-refractivity contribution in [2.75, 3.05) is 0 Å². The molecule has 0 bridgehead atoms. The highest BCUT2D eigenvalue weighted by molar-refractivity contribution is 5.89. The molecule has 0 saturated carbocycles. The first-order chi connectivity index (χ1) is 15.8. The van der Waals surface area contributed by atoms with Gasteiger partial charge >= 0.3 is 0 Å². The van der Waals surface area contributed by atoms with Crippen molar-refractivity contribution in [3.63, 3.8) is 0 Å². The molecule has 3 aromatic heterocycles. The Morgan fingerprint density at radius 2 is 1.44 bits per heavy atom. The van der Waals surface area contributed by atoms with Crippen molar-refractivity contribution in [3.8, 4) is 22.4 Å². The molecule has 4 N–H and O–H groups in total. The van der Waals surface area contributed by atoms with Crippen LogP contribution in [0.25, 0.3) is 33.3 Å². The largest absolute Gasteiger partial charge is 1.00 e. The van der Waals surface area contributed by atoms with Crippen LogP contribution in [0.3, 0.4) is 0 Å². The average Bonchev–Trinajstić information content (AvgIpc) is 2.88. The van der Waals surface area contributed by atoms with Crippen molar-refractivity contribution >= 4 is 10.9 Å². The number of nitrogens with one attached hydrogen (secondary N) is 1. The van der Waals surface area contributed by atoms with Gasteiger partial charge < -0.3 is 30.5 Å². The van der Waals surface area contributed by atoms with Gasteiger partial charge in [-0.15, -0.1) is 0 Å². The van der Waals surface area contributed by atoms with Gasteiger partial charge in [0.05, 0.1) is 23.2 Å². The molecule has 5 rings (SSSR count). The summed E-state index contributed by atoms with van der Waals surface area (Å²) in [6.45, 7) is 0.791. The zero-order chi connectivity index (χ0) is 21.8. The Morgan fingerprint density at radius 3 is 2.15 bits per heavy atom.